The van der Waals surface area contributed by atoms with Crippen LogP contribution in [0.3, 0.4) is 0 Å². The number of halogens is 1. The summed E-state index contributed by atoms with van der Waals surface area (Å²) in [6.45, 7) is 0.542. The molecule has 1 aromatic heterocycles. The van der Waals surface area contributed by atoms with Crippen LogP contribution in [0, 0.1) is 11.3 Å². The van der Waals surface area contributed by atoms with Crippen molar-refractivity contribution < 1.29 is 9.53 Å². The monoisotopic (exact) mass is 364 g/mol. The topological polar surface area (TPSA) is 53.3 Å². The van der Waals surface area contributed by atoms with Crippen molar-refractivity contribution in [2.75, 3.05) is 13.7 Å². The average molecular weight is 365 g/mol. The third-order valence-electron chi connectivity index (χ3n) is 2.79. The average Bonchev–Trinajstić information content (AvgIpc) is 2.90. The van der Waals surface area contributed by atoms with Crippen LogP contribution < -0.4 is 4.74 Å². The number of nitriles is 1. The molecular weight excluding hydrogens is 352 g/mol. The Hall–Kier alpha value is -1.84. The minimum absolute atomic E-state index is 0.0189. The third kappa shape index (κ3) is 4.59. The molecule has 0 saturated heterocycles. The number of thiophene rings is 1. The lowest BCUT2D eigenvalue weighted by molar-refractivity contribution is -0.132. The first-order chi connectivity index (χ1) is 10.1. The number of benzene rings is 1. The first kappa shape index (κ1) is 15.5. The van der Waals surface area contributed by atoms with E-state index in [9.17, 15) is 4.79 Å². The van der Waals surface area contributed by atoms with Crippen molar-refractivity contribution in [3.8, 4) is 11.8 Å². The molecule has 108 valence electrons. The maximum atomic E-state index is 12.0. The van der Waals surface area contributed by atoms with E-state index in [-0.39, 0.29) is 12.5 Å². The molecule has 0 aliphatic rings. The molecule has 0 bridgehead atoms. The number of ether oxygens (including phenoxy) is 1. The van der Waals surface area contributed by atoms with Gasteiger partial charge in [0.15, 0.2) is 6.61 Å². The zero-order valence-corrected chi connectivity index (χ0v) is 13.8. The fourth-order valence-corrected chi connectivity index (χ4v) is 3.18. The van der Waals surface area contributed by atoms with Gasteiger partial charge in [-0.05, 0) is 52.3 Å². The van der Waals surface area contributed by atoms with Crippen LogP contribution in [0.5, 0.6) is 5.75 Å². The highest BCUT2D eigenvalue weighted by Crippen LogP contribution is 2.23. The van der Waals surface area contributed by atoms with Gasteiger partial charge >= 0.3 is 0 Å². The second-order valence-corrected chi connectivity index (χ2v) is 6.93. The highest BCUT2D eigenvalue weighted by molar-refractivity contribution is 9.11. The molecule has 4 nitrogen and oxygen atoms in total. The highest BCUT2D eigenvalue weighted by Gasteiger charge is 2.11. The van der Waals surface area contributed by atoms with Crippen molar-refractivity contribution in [3.63, 3.8) is 0 Å². The molecule has 0 radical (unpaired) electrons. The summed E-state index contributed by atoms with van der Waals surface area (Å²) in [7, 11) is 1.75. The Labute approximate surface area is 135 Å². The van der Waals surface area contributed by atoms with E-state index in [1.807, 2.05) is 18.2 Å². The van der Waals surface area contributed by atoms with Crippen LogP contribution in [-0.2, 0) is 11.3 Å². The van der Waals surface area contributed by atoms with Gasteiger partial charge in [0.1, 0.15) is 5.75 Å². The highest BCUT2D eigenvalue weighted by atomic mass is 79.9. The van der Waals surface area contributed by atoms with Gasteiger partial charge in [0, 0.05) is 11.9 Å². The van der Waals surface area contributed by atoms with Gasteiger partial charge in [-0.1, -0.05) is 0 Å². The van der Waals surface area contributed by atoms with Crippen LogP contribution in [0.4, 0.5) is 0 Å². The molecule has 0 atom stereocenters. The minimum atomic E-state index is -0.0936. The van der Waals surface area contributed by atoms with Crippen LogP contribution in [0.25, 0.3) is 0 Å². The number of rotatable bonds is 5. The standard InChI is InChI=1S/C15H13BrN2O2S/c1-18(9-13-6-7-14(16)21-13)15(19)10-20-12-4-2-11(8-17)3-5-12/h2-7H,9-10H2,1H3. The lowest BCUT2D eigenvalue weighted by Crippen LogP contribution is -2.30. The van der Waals surface area contributed by atoms with Crippen LogP contribution in [0.15, 0.2) is 40.2 Å². The van der Waals surface area contributed by atoms with E-state index in [1.54, 1.807) is 47.5 Å². The minimum Gasteiger partial charge on any atom is -0.484 e. The number of likely N-dealkylation sites (N-methyl/N-ethyl adjacent to an activating group) is 1. The number of hydrogen-bond donors (Lipinski definition) is 0. The molecular formula is C15H13BrN2O2S. The van der Waals surface area contributed by atoms with Gasteiger partial charge in [0.05, 0.1) is 22.0 Å². The number of nitrogens with zero attached hydrogens (tertiary/aromatic N) is 2. The van der Waals surface area contributed by atoms with Gasteiger partial charge in [-0.3, -0.25) is 4.79 Å². The van der Waals surface area contributed by atoms with Crippen LogP contribution in [0.2, 0.25) is 0 Å². The van der Waals surface area contributed by atoms with Crippen molar-refractivity contribution in [2.24, 2.45) is 0 Å². The van der Waals surface area contributed by atoms with Crippen molar-refractivity contribution in [1.82, 2.24) is 4.90 Å². The smallest absolute Gasteiger partial charge is 0.260 e. The zero-order chi connectivity index (χ0) is 15.2. The fourth-order valence-electron chi connectivity index (χ4n) is 1.64. The second kappa shape index (κ2) is 7.25. The maximum Gasteiger partial charge on any atom is 0.260 e. The summed E-state index contributed by atoms with van der Waals surface area (Å²) in [5.41, 5.74) is 0.564. The third-order valence-corrected chi connectivity index (χ3v) is 4.40. The molecule has 1 heterocycles. The number of amides is 1. The Kier molecular flexibility index (Phi) is 5.37. The number of hydrogen-bond acceptors (Lipinski definition) is 4. The quantitative estimate of drug-likeness (QED) is 0.816. The lowest BCUT2D eigenvalue weighted by Gasteiger charge is -2.16. The van der Waals surface area contributed by atoms with E-state index in [0.29, 0.717) is 17.9 Å². The van der Waals surface area contributed by atoms with Gasteiger partial charge in [-0.25, -0.2) is 0 Å². The summed E-state index contributed by atoms with van der Waals surface area (Å²) in [4.78, 5) is 14.7. The summed E-state index contributed by atoms with van der Waals surface area (Å²) in [6.07, 6.45) is 0. The largest absolute Gasteiger partial charge is 0.484 e. The zero-order valence-electron chi connectivity index (χ0n) is 11.4. The molecule has 0 fully saturated rings. The van der Waals surface area contributed by atoms with Crippen molar-refractivity contribution in [2.45, 2.75) is 6.54 Å². The van der Waals surface area contributed by atoms with Gasteiger partial charge in [0.25, 0.3) is 5.91 Å². The Morgan fingerprint density at radius 2 is 2.05 bits per heavy atom. The van der Waals surface area contributed by atoms with Crippen molar-refractivity contribution in [1.29, 1.82) is 5.26 Å². The SMILES string of the molecule is CN(Cc1ccc(Br)s1)C(=O)COc1ccc(C#N)cc1. The fraction of sp³-hybridized carbons (Fsp3) is 0.200. The van der Waals surface area contributed by atoms with Gasteiger partial charge in [-0.2, -0.15) is 5.26 Å². The van der Waals surface area contributed by atoms with E-state index in [4.69, 9.17) is 10.00 Å². The van der Waals surface area contributed by atoms with Gasteiger partial charge in [-0.15, -0.1) is 11.3 Å². The summed E-state index contributed by atoms with van der Waals surface area (Å²) < 4.78 is 6.47. The lowest BCUT2D eigenvalue weighted by atomic mass is 10.2. The molecule has 0 aliphatic heterocycles. The summed E-state index contributed by atoms with van der Waals surface area (Å²) in [5.74, 6) is 0.485. The second-order valence-electron chi connectivity index (χ2n) is 4.38. The molecule has 2 aromatic rings. The van der Waals surface area contributed by atoms with Gasteiger partial charge in [0.2, 0.25) is 0 Å². The maximum absolute atomic E-state index is 12.0. The Morgan fingerprint density at radius 3 is 2.62 bits per heavy atom. The van der Waals surface area contributed by atoms with Crippen LogP contribution >= 0.6 is 27.3 Å². The molecule has 1 amide bonds. The molecule has 0 N–H and O–H groups in total. The Morgan fingerprint density at radius 1 is 1.33 bits per heavy atom. The van der Waals surface area contributed by atoms with E-state index in [0.717, 1.165) is 8.66 Å². The first-order valence-corrected chi connectivity index (χ1v) is 7.80. The van der Waals surface area contributed by atoms with Gasteiger partial charge < -0.3 is 9.64 Å². The first-order valence-electron chi connectivity index (χ1n) is 6.19. The van der Waals surface area contributed by atoms with Crippen LogP contribution in [0.1, 0.15) is 10.4 Å². The molecule has 21 heavy (non-hydrogen) atoms. The number of carbonyl (C=O) groups is 1. The van der Waals surface area contributed by atoms with Crippen LogP contribution in [-0.4, -0.2) is 24.5 Å². The summed E-state index contributed by atoms with van der Waals surface area (Å²) >= 11 is 5.00. The predicted octanol–water partition coefficient (Wildman–Crippen LogP) is 3.42. The predicted molar refractivity (Wildman–Crippen MR) is 85.1 cm³/mol. The van der Waals surface area contributed by atoms with Crippen molar-refractivity contribution >= 4 is 33.2 Å². The molecule has 0 spiro atoms. The summed E-state index contributed by atoms with van der Waals surface area (Å²) in [6, 6.07) is 12.7. The van der Waals surface area contributed by atoms with E-state index in [2.05, 4.69) is 15.9 Å². The van der Waals surface area contributed by atoms with E-state index in [1.165, 1.54) is 0 Å². The van der Waals surface area contributed by atoms with Crippen molar-refractivity contribution in [3.05, 3.63) is 50.6 Å². The Balaban J connectivity index is 1.84. The molecule has 0 unspecified atom stereocenters. The van der Waals surface area contributed by atoms with E-state index < -0.39 is 0 Å². The molecule has 2 rings (SSSR count). The molecule has 0 aliphatic carbocycles. The summed E-state index contributed by atoms with van der Waals surface area (Å²) in [5, 5.41) is 8.71. The Bertz CT molecular complexity index is 661. The van der Waals surface area contributed by atoms with E-state index >= 15 is 0 Å². The molecule has 0 saturated carbocycles. The number of carbonyl (C=O) groups excluding carboxylic acids is 1. The molecule has 6 heteroatoms. The normalized spacial score (nSPS) is 9.95. The molecule has 1 aromatic carbocycles.